The van der Waals surface area contributed by atoms with Gasteiger partial charge in [-0.25, -0.2) is 0 Å². The first-order valence-corrected chi connectivity index (χ1v) is 9.62. The first-order chi connectivity index (χ1) is 12.9. The molecule has 0 aliphatic carbocycles. The summed E-state index contributed by atoms with van der Waals surface area (Å²) in [5.41, 5.74) is 3.35. The summed E-state index contributed by atoms with van der Waals surface area (Å²) in [6, 6.07) is 7.59. The van der Waals surface area contributed by atoms with Crippen LogP contribution in [-0.2, 0) is 17.8 Å². The molecule has 3 rings (SSSR count). The number of ether oxygens (including phenoxy) is 2. The topological polar surface area (TPSA) is 65.4 Å². The van der Waals surface area contributed by atoms with E-state index in [0.717, 1.165) is 29.4 Å². The van der Waals surface area contributed by atoms with Crippen LogP contribution in [0.15, 0.2) is 24.3 Å². The van der Waals surface area contributed by atoms with E-state index in [1.54, 1.807) is 0 Å². The molecule has 0 radical (unpaired) electrons. The largest absolute Gasteiger partial charge is 0.486 e. The third-order valence-electron chi connectivity index (χ3n) is 4.77. The van der Waals surface area contributed by atoms with E-state index >= 15 is 0 Å². The van der Waals surface area contributed by atoms with Crippen molar-refractivity contribution in [3.8, 4) is 11.5 Å². The van der Waals surface area contributed by atoms with Crippen molar-refractivity contribution in [2.45, 2.75) is 53.2 Å². The van der Waals surface area contributed by atoms with Gasteiger partial charge in [-0.15, -0.1) is 0 Å². The summed E-state index contributed by atoms with van der Waals surface area (Å²) >= 11 is 0. The van der Waals surface area contributed by atoms with Crippen LogP contribution in [0, 0.1) is 19.8 Å². The number of benzene rings is 1. The van der Waals surface area contributed by atoms with Crippen molar-refractivity contribution < 1.29 is 14.3 Å². The van der Waals surface area contributed by atoms with Crippen molar-refractivity contribution in [2.75, 3.05) is 13.2 Å². The summed E-state index contributed by atoms with van der Waals surface area (Å²) in [6.45, 7) is 10.2. The second-order valence-corrected chi connectivity index (χ2v) is 7.53. The SMILES string of the molecule is Cc1nn(CC(C)C)c(C)c1CCC(=O)NC[C@@H]1COc2ccccc2O1. The average molecular weight is 371 g/mol. The predicted molar refractivity (Wildman–Crippen MR) is 104 cm³/mol. The summed E-state index contributed by atoms with van der Waals surface area (Å²) in [5.74, 6) is 2.05. The van der Waals surface area contributed by atoms with Gasteiger partial charge in [0.25, 0.3) is 0 Å². The van der Waals surface area contributed by atoms with E-state index < -0.39 is 0 Å². The highest BCUT2D eigenvalue weighted by atomic mass is 16.6. The highest BCUT2D eigenvalue weighted by molar-refractivity contribution is 5.76. The maximum absolute atomic E-state index is 12.3. The monoisotopic (exact) mass is 371 g/mol. The van der Waals surface area contributed by atoms with Crippen molar-refractivity contribution in [2.24, 2.45) is 5.92 Å². The second kappa shape index (κ2) is 8.46. The lowest BCUT2D eigenvalue weighted by atomic mass is 10.1. The first kappa shape index (κ1) is 19.3. The number of aryl methyl sites for hydroxylation is 1. The van der Waals surface area contributed by atoms with Gasteiger partial charge in [-0.1, -0.05) is 26.0 Å². The molecule has 146 valence electrons. The van der Waals surface area contributed by atoms with Crippen molar-refractivity contribution >= 4 is 5.91 Å². The van der Waals surface area contributed by atoms with Gasteiger partial charge < -0.3 is 14.8 Å². The van der Waals surface area contributed by atoms with Crippen molar-refractivity contribution in [1.29, 1.82) is 0 Å². The van der Waals surface area contributed by atoms with Gasteiger partial charge in [0.15, 0.2) is 11.5 Å². The highest BCUT2D eigenvalue weighted by Crippen LogP contribution is 2.30. The van der Waals surface area contributed by atoms with Gasteiger partial charge in [-0.05, 0) is 43.9 Å². The third kappa shape index (κ3) is 4.81. The van der Waals surface area contributed by atoms with Gasteiger partial charge in [0.05, 0.1) is 12.2 Å². The van der Waals surface area contributed by atoms with Crippen molar-refractivity contribution in [3.63, 3.8) is 0 Å². The molecule has 0 bridgehead atoms. The van der Waals surface area contributed by atoms with E-state index in [9.17, 15) is 4.79 Å². The summed E-state index contributed by atoms with van der Waals surface area (Å²) in [7, 11) is 0. The zero-order valence-electron chi connectivity index (χ0n) is 16.6. The minimum absolute atomic E-state index is 0.0212. The van der Waals surface area contributed by atoms with Crippen LogP contribution in [0.3, 0.4) is 0 Å². The fourth-order valence-corrected chi connectivity index (χ4v) is 3.34. The van der Waals surface area contributed by atoms with Crippen LogP contribution < -0.4 is 14.8 Å². The number of carbonyl (C=O) groups excluding carboxylic acids is 1. The number of fused-ring (bicyclic) bond motifs is 1. The van der Waals surface area contributed by atoms with Crippen molar-refractivity contribution in [1.82, 2.24) is 15.1 Å². The third-order valence-corrected chi connectivity index (χ3v) is 4.77. The van der Waals surface area contributed by atoms with E-state index in [0.29, 0.717) is 31.9 Å². The molecule has 6 heteroatoms. The van der Waals surface area contributed by atoms with Gasteiger partial charge in [-0.2, -0.15) is 5.10 Å². The molecule has 6 nitrogen and oxygen atoms in total. The van der Waals surface area contributed by atoms with E-state index in [2.05, 4.69) is 35.9 Å². The number of amides is 1. The minimum atomic E-state index is -0.166. The Balaban J connectivity index is 1.47. The van der Waals surface area contributed by atoms with Gasteiger partial charge in [0.2, 0.25) is 5.91 Å². The Morgan fingerprint density at radius 3 is 2.78 bits per heavy atom. The van der Waals surface area contributed by atoms with Gasteiger partial charge in [0, 0.05) is 18.7 Å². The molecule has 1 aromatic carbocycles. The quantitative estimate of drug-likeness (QED) is 0.812. The average Bonchev–Trinajstić information content (AvgIpc) is 2.90. The number of aromatic nitrogens is 2. The number of hydrogen-bond donors (Lipinski definition) is 1. The maximum atomic E-state index is 12.3. The summed E-state index contributed by atoms with van der Waals surface area (Å²) in [6.07, 6.45) is 0.979. The normalized spacial score (nSPS) is 15.8. The molecule has 1 aliphatic rings. The zero-order chi connectivity index (χ0) is 19.4. The Hall–Kier alpha value is -2.50. The van der Waals surface area contributed by atoms with Crippen LogP contribution in [0.1, 0.15) is 37.2 Å². The Morgan fingerprint density at radius 2 is 2.04 bits per heavy atom. The van der Waals surface area contributed by atoms with Crippen LogP contribution >= 0.6 is 0 Å². The molecule has 1 N–H and O–H groups in total. The number of hydrogen-bond acceptors (Lipinski definition) is 4. The standard InChI is InChI=1S/C21H29N3O3/c1-14(2)12-24-16(4)18(15(3)23-24)9-10-21(25)22-11-17-13-26-19-7-5-6-8-20(19)27-17/h5-8,14,17H,9-13H2,1-4H3,(H,22,25)/t17-/m1/s1. The highest BCUT2D eigenvalue weighted by Gasteiger charge is 2.21. The number of para-hydroxylation sites is 2. The van der Waals surface area contributed by atoms with Gasteiger partial charge in [0.1, 0.15) is 12.7 Å². The molecule has 0 unspecified atom stereocenters. The molecular formula is C21H29N3O3. The fourth-order valence-electron chi connectivity index (χ4n) is 3.34. The lowest BCUT2D eigenvalue weighted by Crippen LogP contribution is -2.40. The number of nitrogens with zero attached hydrogens (tertiary/aromatic N) is 2. The van der Waals surface area contributed by atoms with E-state index in [4.69, 9.17) is 9.47 Å². The Morgan fingerprint density at radius 1 is 1.30 bits per heavy atom. The van der Waals surface area contributed by atoms with Crippen LogP contribution in [0.4, 0.5) is 0 Å². The minimum Gasteiger partial charge on any atom is -0.486 e. The molecule has 2 aromatic rings. The Bertz CT molecular complexity index is 798. The van der Waals surface area contributed by atoms with Crippen LogP contribution in [0.2, 0.25) is 0 Å². The maximum Gasteiger partial charge on any atom is 0.220 e. The van der Waals surface area contributed by atoms with E-state index in [1.807, 2.05) is 31.2 Å². The number of carbonyl (C=O) groups is 1. The van der Waals surface area contributed by atoms with Crippen molar-refractivity contribution in [3.05, 3.63) is 41.2 Å². The Labute approximate surface area is 160 Å². The molecule has 1 atom stereocenters. The molecule has 0 saturated carbocycles. The molecule has 0 fully saturated rings. The summed E-state index contributed by atoms with van der Waals surface area (Å²) in [4.78, 5) is 12.3. The molecule has 27 heavy (non-hydrogen) atoms. The molecule has 0 spiro atoms. The molecule has 2 heterocycles. The molecule has 0 saturated heterocycles. The van der Waals surface area contributed by atoms with Crippen LogP contribution in [0.5, 0.6) is 11.5 Å². The number of rotatable bonds is 7. The molecule has 1 aliphatic heterocycles. The predicted octanol–water partition coefficient (Wildman–Crippen LogP) is 3.04. The van der Waals surface area contributed by atoms with E-state index in [-0.39, 0.29) is 12.0 Å². The first-order valence-electron chi connectivity index (χ1n) is 9.62. The van der Waals surface area contributed by atoms with Gasteiger partial charge >= 0.3 is 0 Å². The molecule has 1 amide bonds. The lowest BCUT2D eigenvalue weighted by molar-refractivity contribution is -0.121. The van der Waals surface area contributed by atoms with Crippen LogP contribution in [-0.4, -0.2) is 34.9 Å². The lowest BCUT2D eigenvalue weighted by Gasteiger charge is -2.26. The smallest absolute Gasteiger partial charge is 0.220 e. The van der Waals surface area contributed by atoms with Gasteiger partial charge in [-0.3, -0.25) is 9.48 Å². The Kier molecular flexibility index (Phi) is 6.04. The zero-order valence-corrected chi connectivity index (χ0v) is 16.6. The number of nitrogens with one attached hydrogen (secondary N) is 1. The fraction of sp³-hybridized carbons (Fsp3) is 0.524. The summed E-state index contributed by atoms with van der Waals surface area (Å²) < 4.78 is 13.6. The van der Waals surface area contributed by atoms with Crippen LogP contribution in [0.25, 0.3) is 0 Å². The van der Waals surface area contributed by atoms with E-state index in [1.165, 1.54) is 5.56 Å². The summed E-state index contributed by atoms with van der Waals surface area (Å²) in [5, 5.41) is 7.58. The molecular weight excluding hydrogens is 342 g/mol. The molecule has 1 aromatic heterocycles. The second-order valence-electron chi connectivity index (χ2n) is 7.53.